The number of anilines is 1. The van der Waals surface area contributed by atoms with Crippen LogP contribution in [0.1, 0.15) is 42.5 Å². The fourth-order valence-electron chi connectivity index (χ4n) is 4.70. The highest BCUT2D eigenvalue weighted by atomic mass is 19.4. The molecule has 0 bridgehead atoms. The molecule has 44 heavy (non-hydrogen) atoms. The molecule has 0 fully saturated rings. The summed E-state index contributed by atoms with van der Waals surface area (Å²) in [6, 6.07) is 23.1. The van der Waals surface area contributed by atoms with Gasteiger partial charge in [0.15, 0.2) is 0 Å². The Morgan fingerprint density at radius 3 is 1.52 bits per heavy atom. The molecule has 0 radical (unpaired) electrons. The Morgan fingerprint density at radius 1 is 0.614 bits per heavy atom. The number of alkyl halides is 8. The maximum absolute atomic E-state index is 12.8. The fraction of sp³-hybridized carbons (Fsp3) is 0.250. The van der Waals surface area contributed by atoms with E-state index in [1.807, 2.05) is 37.3 Å². The molecule has 0 unspecified atom stereocenters. The van der Waals surface area contributed by atoms with Crippen LogP contribution in [0.3, 0.4) is 0 Å². The molecule has 0 amide bonds. The third kappa shape index (κ3) is 9.85. The summed E-state index contributed by atoms with van der Waals surface area (Å²) in [6.07, 6.45) is -9.00. The van der Waals surface area contributed by atoms with Crippen LogP contribution < -0.4 is 15.2 Å². The van der Waals surface area contributed by atoms with E-state index >= 15 is 0 Å². The monoisotopic (exact) mass is 629 g/mol. The van der Waals surface area contributed by atoms with Crippen molar-refractivity contribution < 1.29 is 49.0 Å². The van der Waals surface area contributed by atoms with E-state index in [0.29, 0.717) is 30.9 Å². The van der Waals surface area contributed by atoms with Crippen molar-refractivity contribution >= 4 is 5.69 Å². The van der Waals surface area contributed by atoms with E-state index < -0.39 is 46.9 Å². The first-order valence-corrected chi connectivity index (χ1v) is 13.1. The summed E-state index contributed by atoms with van der Waals surface area (Å²) in [5, 5.41) is 0. The molecule has 4 aromatic carbocycles. The fourth-order valence-corrected chi connectivity index (χ4v) is 4.70. The molecule has 0 spiro atoms. The number of hydrogen-bond donors (Lipinski definition) is 1. The molecule has 2 N–H and O–H groups in total. The minimum Gasteiger partial charge on any atom is -0.406 e. The lowest BCUT2D eigenvalue weighted by molar-refractivity contribution is -0.275. The predicted molar refractivity (Wildman–Crippen MR) is 148 cm³/mol. The Morgan fingerprint density at radius 2 is 1.11 bits per heavy atom. The summed E-state index contributed by atoms with van der Waals surface area (Å²) < 4.78 is 123. The van der Waals surface area contributed by atoms with E-state index in [1.165, 1.54) is 36.4 Å². The summed E-state index contributed by atoms with van der Waals surface area (Å²) in [5.74, 6) is -4.59. The third-order valence-electron chi connectivity index (χ3n) is 6.62. The van der Waals surface area contributed by atoms with Crippen molar-refractivity contribution in [3.05, 3.63) is 125 Å². The molecule has 4 rings (SSSR count). The SMILES string of the molecule is CC(F)(F)c1cc(N)cc(F)c1.CCC(Cc1ccccc1)(c1cccc(OC(F)(F)F)c1)c1cccc(OC(F)(F)F)c1. The normalized spacial score (nSPS) is 12.2. The van der Waals surface area contributed by atoms with Crippen LogP contribution in [-0.4, -0.2) is 12.7 Å². The molecule has 0 atom stereocenters. The minimum atomic E-state index is -4.87. The predicted octanol–water partition coefficient (Wildman–Crippen LogP) is 9.94. The smallest absolute Gasteiger partial charge is 0.406 e. The van der Waals surface area contributed by atoms with E-state index in [1.54, 1.807) is 12.1 Å². The standard InChI is InChI=1S/C24H20F6O2.C8H8F3N/c1-2-22(16-17-8-4-3-5-9-17,18-10-6-12-20(14-18)31-23(25,26)27)19-11-7-13-21(15-19)32-24(28,29)30;1-8(10,11)5-2-6(9)4-7(12)3-5/h3-15H,2,16H2,1H3;2-4H,12H2,1H3. The van der Waals surface area contributed by atoms with Gasteiger partial charge >= 0.3 is 12.7 Å². The summed E-state index contributed by atoms with van der Waals surface area (Å²) >= 11 is 0. The molecule has 4 aromatic rings. The van der Waals surface area contributed by atoms with E-state index in [4.69, 9.17) is 5.73 Å². The molecule has 0 aliphatic rings. The molecule has 0 aromatic heterocycles. The second kappa shape index (κ2) is 13.5. The van der Waals surface area contributed by atoms with Gasteiger partial charge in [-0.1, -0.05) is 61.5 Å². The first-order valence-electron chi connectivity index (χ1n) is 13.1. The molecule has 0 aliphatic heterocycles. The van der Waals surface area contributed by atoms with Crippen molar-refractivity contribution in [1.29, 1.82) is 0 Å². The summed E-state index contributed by atoms with van der Waals surface area (Å²) in [6.45, 7) is 2.53. The van der Waals surface area contributed by atoms with Gasteiger partial charge in [0.25, 0.3) is 5.92 Å². The summed E-state index contributed by atoms with van der Waals surface area (Å²) in [5.41, 5.74) is 5.69. The Kier molecular flexibility index (Phi) is 10.5. The van der Waals surface area contributed by atoms with E-state index in [-0.39, 0.29) is 5.69 Å². The van der Waals surface area contributed by atoms with Gasteiger partial charge in [-0.05, 0) is 72.0 Å². The summed E-state index contributed by atoms with van der Waals surface area (Å²) in [7, 11) is 0. The Labute approximate surface area is 248 Å². The van der Waals surface area contributed by atoms with Crippen molar-refractivity contribution in [1.82, 2.24) is 0 Å². The Hall–Kier alpha value is -4.35. The number of halogens is 9. The minimum absolute atomic E-state index is 0.00604. The zero-order chi connectivity index (χ0) is 32.8. The van der Waals surface area contributed by atoms with Crippen molar-refractivity contribution in [3.8, 4) is 11.5 Å². The number of rotatable bonds is 8. The van der Waals surface area contributed by atoms with Gasteiger partial charge in [-0.2, -0.15) is 0 Å². The first kappa shape index (κ1) is 34.1. The van der Waals surface area contributed by atoms with Gasteiger partial charge in [-0.25, -0.2) is 13.2 Å². The number of nitrogen functional groups attached to an aromatic ring is 1. The van der Waals surface area contributed by atoms with Crippen LogP contribution in [0, 0.1) is 5.82 Å². The van der Waals surface area contributed by atoms with Gasteiger partial charge in [0.2, 0.25) is 0 Å². The Balaban J connectivity index is 0.000000369. The van der Waals surface area contributed by atoms with Crippen LogP contribution in [0.5, 0.6) is 11.5 Å². The topological polar surface area (TPSA) is 44.5 Å². The van der Waals surface area contributed by atoms with Crippen LogP contribution in [0.2, 0.25) is 0 Å². The van der Waals surface area contributed by atoms with Crippen molar-refractivity contribution in [2.24, 2.45) is 0 Å². The highest BCUT2D eigenvalue weighted by Gasteiger charge is 2.37. The van der Waals surface area contributed by atoms with Gasteiger partial charge in [0, 0.05) is 23.6 Å². The number of nitrogens with two attached hydrogens (primary N) is 1. The molecule has 0 saturated heterocycles. The lowest BCUT2D eigenvalue weighted by Gasteiger charge is -2.35. The van der Waals surface area contributed by atoms with Crippen LogP contribution in [0.15, 0.2) is 97.1 Å². The highest BCUT2D eigenvalue weighted by molar-refractivity contribution is 5.47. The molecule has 3 nitrogen and oxygen atoms in total. The first-order chi connectivity index (χ1) is 20.4. The zero-order valence-corrected chi connectivity index (χ0v) is 23.4. The average Bonchev–Trinajstić information content (AvgIpc) is 2.90. The number of benzene rings is 4. The molecule has 12 heteroatoms. The lowest BCUT2D eigenvalue weighted by atomic mass is 9.68. The second-order valence-electron chi connectivity index (χ2n) is 9.91. The largest absolute Gasteiger partial charge is 0.573 e. The second-order valence-corrected chi connectivity index (χ2v) is 9.91. The molecule has 236 valence electrons. The third-order valence-corrected chi connectivity index (χ3v) is 6.62. The summed E-state index contributed by atoms with van der Waals surface area (Å²) in [4.78, 5) is 0. The molecule has 0 heterocycles. The lowest BCUT2D eigenvalue weighted by Crippen LogP contribution is -2.30. The highest BCUT2D eigenvalue weighted by Crippen LogP contribution is 2.42. The maximum Gasteiger partial charge on any atom is 0.573 e. The molecular formula is C32H28F9NO2. The van der Waals surface area contributed by atoms with Crippen LogP contribution in [0.25, 0.3) is 0 Å². The van der Waals surface area contributed by atoms with Crippen molar-refractivity contribution in [3.63, 3.8) is 0 Å². The van der Waals surface area contributed by atoms with Gasteiger partial charge in [0.05, 0.1) is 0 Å². The van der Waals surface area contributed by atoms with Crippen molar-refractivity contribution in [2.75, 3.05) is 5.73 Å². The number of ether oxygens (including phenoxy) is 2. The molecule has 0 aliphatic carbocycles. The van der Waals surface area contributed by atoms with E-state index in [9.17, 15) is 39.5 Å². The Bertz CT molecular complexity index is 1440. The van der Waals surface area contributed by atoms with Crippen molar-refractivity contribution in [2.45, 2.75) is 50.8 Å². The van der Waals surface area contributed by atoms with Crippen LogP contribution in [0.4, 0.5) is 45.2 Å². The van der Waals surface area contributed by atoms with Crippen LogP contribution in [-0.2, 0) is 17.8 Å². The number of hydrogen-bond acceptors (Lipinski definition) is 3. The molecular weight excluding hydrogens is 601 g/mol. The van der Waals surface area contributed by atoms with Gasteiger partial charge in [0.1, 0.15) is 17.3 Å². The molecule has 0 saturated carbocycles. The average molecular weight is 630 g/mol. The van der Waals surface area contributed by atoms with E-state index in [2.05, 4.69) is 9.47 Å². The van der Waals surface area contributed by atoms with Gasteiger partial charge in [-0.3, -0.25) is 0 Å². The zero-order valence-electron chi connectivity index (χ0n) is 23.4. The van der Waals surface area contributed by atoms with Crippen LogP contribution >= 0.6 is 0 Å². The van der Waals surface area contributed by atoms with Gasteiger partial charge < -0.3 is 15.2 Å². The quantitative estimate of drug-likeness (QED) is 0.156. The van der Waals surface area contributed by atoms with Gasteiger partial charge in [-0.15, -0.1) is 26.3 Å². The maximum atomic E-state index is 12.8. The van der Waals surface area contributed by atoms with E-state index in [0.717, 1.165) is 23.8 Å².